The molecule has 1 saturated carbocycles. The maximum Gasteiger partial charge on any atom is 0.234 e. The van der Waals surface area contributed by atoms with E-state index >= 15 is 0 Å². The molecule has 5 heteroatoms. The van der Waals surface area contributed by atoms with Crippen LogP contribution in [0.2, 0.25) is 0 Å². The largest absolute Gasteiger partial charge is 0.392 e. The Kier molecular flexibility index (Phi) is 5.87. The minimum Gasteiger partial charge on any atom is -0.392 e. The lowest BCUT2D eigenvalue weighted by Crippen LogP contribution is -2.51. The van der Waals surface area contributed by atoms with Gasteiger partial charge in [0.25, 0.3) is 0 Å². The molecule has 132 valence electrons. The molecule has 1 aromatic rings. The summed E-state index contributed by atoms with van der Waals surface area (Å²) >= 11 is 0. The van der Waals surface area contributed by atoms with Crippen molar-refractivity contribution in [3.05, 3.63) is 35.4 Å². The van der Waals surface area contributed by atoms with E-state index in [1.165, 1.54) is 18.4 Å². The molecule has 1 aliphatic heterocycles. The highest BCUT2D eigenvalue weighted by Crippen LogP contribution is 2.32. The van der Waals surface area contributed by atoms with Gasteiger partial charge in [0, 0.05) is 39.3 Å². The second kappa shape index (κ2) is 8.10. The minimum atomic E-state index is -0.158. The number of piperazine rings is 1. The normalized spacial score (nSPS) is 20.8. The summed E-state index contributed by atoms with van der Waals surface area (Å²) in [5.41, 5.74) is 2.36. The maximum absolute atomic E-state index is 12.1. The van der Waals surface area contributed by atoms with Gasteiger partial charge in [0.15, 0.2) is 0 Å². The summed E-state index contributed by atoms with van der Waals surface area (Å²) in [6.07, 6.45) is 2.21. The van der Waals surface area contributed by atoms with Crippen LogP contribution in [-0.4, -0.2) is 66.2 Å². The highest BCUT2D eigenvalue weighted by atomic mass is 16.3. The van der Waals surface area contributed by atoms with Gasteiger partial charge in [-0.1, -0.05) is 29.8 Å². The van der Waals surface area contributed by atoms with Crippen molar-refractivity contribution >= 4 is 5.91 Å². The zero-order valence-corrected chi connectivity index (χ0v) is 14.6. The van der Waals surface area contributed by atoms with E-state index in [-0.39, 0.29) is 12.0 Å². The van der Waals surface area contributed by atoms with Crippen molar-refractivity contribution in [1.82, 2.24) is 15.1 Å². The van der Waals surface area contributed by atoms with Crippen molar-refractivity contribution in [3.8, 4) is 0 Å². The molecule has 0 spiro atoms. The van der Waals surface area contributed by atoms with Gasteiger partial charge in [-0.3, -0.25) is 14.6 Å². The Balaban J connectivity index is 1.33. The molecule has 2 aliphatic rings. The molecule has 1 heterocycles. The first kappa shape index (κ1) is 17.4. The molecule has 3 rings (SSSR count). The van der Waals surface area contributed by atoms with Gasteiger partial charge < -0.3 is 10.4 Å². The Morgan fingerprint density at radius 3 is 2.42 bits per heavy atom. The molecule has 1 amide bonds. The third kappa shape index (κ3) is 5.30. The molecule has 2 N–H and O–H groups in total. The number of nitrogens with one attached hydrogen (secondary N) is 1. The van der Waals surface area contributed by atoms with Crippen molar-refractivity contribution in [2.45, 2.75) is 32.4 Å². The van der Waals surface area contributed by atoms with Crippen LogP contribution >= 0.6 is 0 Å². The predicted molar refractivity (Wildman–Crippen MR) is 94.6 cm³/mol. The second-order valence-corrected chi connectivity index (χ2v) is 7.24. The number of β-amino-alcohol motifs (C(OH)–C–C–N with tert-alkyl or cyclic N) is 1. The molecule has 1 saturated heterocycles. The van der Waals surface area contributed by atoms with Crippen molar-refractivity contribution in [1.29, 1.82) is 0 Å². The van der Waals surface area contributed by atoms with Gasteiger partial charge in [-0.2, -0.15) is 0 Å². The molecule has 5 nitrogen and oxygen atoms in total. The van der Waals surface area contributed by atoms with Crippen molar-refractivity contribution in [2.75, 3.05) is 39.3 Å². The molecule has 1 aromatic carbocycles. The molecule has 1 atom stereocenters. The van der Waals surface area contributed by atoms with Crippen molar-refractivity contribution in [3.63, 3.8) is 0 Å². The number of hydrogen-bond acceptors (Lipinski definition) is 4. The molecule has 2 fully saturated rings. The third-order valence-corrected chi connectivity index (χ3v) is 5.05. The van der Waals surface area contributed by atoms with Crippen LogP contribution in [-0.2, 0) is 11.3 Å². The highest BCUT2D eigenvalue weighted by molar-refractivity contribution is 5.78. The summed E-state index contributed by atoms with van der Waals surface area (Å²) in [6.45, 7) is 7.58. The number of benzene rings is 1. The Morgan fingerprint density at radius 1 is 1.17 bits per heavy atom. The van der Waals surface area contributed by atoms with Gasteiger partial charge in [-0.25, -0.2) is 0 Å². The zero-order chi connectivity index (χ0) is 16.9. The van der Waals surface area contributed by atoms with E-state index < -0.39 is 0 Å². The molecule has 1 aliphatic carbocycles. The SMILES string of the molecule is Cc1ccc(CNC(=O)CN2CCN(CC(O)C3CC3)CC2)cc1. The van der Waals surface area contributed by atoms with Crippen LogP contribution in [0, 0.1) is 12.8 Å². The summed E-state index contributed by atoms with van der Waals surface area (Å²) in [7, 11) is 0. The molecule has 0 bridgehead atoms. The highest BCUT2D eigenvalue weighted by Gasteiger charge is 2.31. The van der Waals surface area contributed by atoms with Gasteiger partial charge in [-0.05, 0) is 31.2 Å². The first-order valence-corrected chi connectivity index (χ1v) is 9.05. The Hall–Kier alpha value is -1.43. The van der Waals surface area contributed by atoms with E-state index in [2.05, 4.69) is 46.3 Å². The fourth-order valence-electron chi connectivity index (χ4n) is 3.19. The standard InChI is InChI=1S/C19H29N3O2/c1-15-2-4-16(5-3-15)12-20-19(24)14-22-10-8-21(9-11-22)13-18(23)17-6-7-17/h2-5,17-18,23H,6-14H2,1H3,(H,20,24). The monoisotopic (exact) mass is 331 g/mol. The first-order valence-electron chi connectivity index (χ1n) is 9.05. The maximum atomic E-state index is 12.1. The Labute approximate surface area is 144 Å². The van der Waals surface area contributed by atoms with Crippen LogP contribution in [0.5, 0.6) is 0 Å². The topological polar surface area (TPSA) is 55.8 Å². The van der Waals surface area contributed by atoms with Crippen LogP contribution in [0.1, 0.15) is 24.0 Å². The smallest absolute Gasteiger partial charge is 0.234 e. The van der Waals surface area contributed by atoms with E-state index in [0.29, 0.717) is 19.0 Å². The number of aliphatic hydroxyl groups is 1. The number of amides is 1. The Morgan fingerprint density at radius 2 is 1.79 bits per heavy atom. The summed E-state index contributed by atoms with van der Waals surface area (Å²) in [5, 5.41) is 13.0. The lowest BCUT2D eigenvalue weighted by Gasteiger charge is -2.35. The number of carbonyl (C=O) groups is 1. The lowest BCUT2D eigenvalue weighted by atomic mass is 10.1. The van der Waals surface area contributed by atoms with Crippen molar-refractivity contribution in [2.24, 2.45) is 5.92 Å². The van der Waals surface area contributed by atoms with E-state index in [0.717, 1.165) is 38.3 Å². The number of hydrogen-bond donors (Lipinski definition) is 2. The fourth-order valence-corrected chi connectivity index (χ4v) is 3.19. The van der Waals surface area contributed by atoms with Gasteiger partial charge in [0.2, 0.25) is 5.91 Å². The Bertz CT molecular complexity index is 534. The van der Waals surface area contributed by atoms with Crippen LogP contribution < -0.4 is 5.32 Å². The van der Waals surface area contributed by atoms with Crippen LogP contribution in [0.3, 0.4) is 0 Å². The molecule has 0 aromatic heterocycles. The molecular weight excluding hydrogens is 302 g/mol. The van der Waals surface area contributed by atoms with E-state index in [9.17, 15) is 9.90 Å². The summed E-state index contributed by atoms with van der Waals surface area (Å²) in [4.78, 5) is 16.6. The summed E-state index contributed by atoms with van der Waals surface area (Å²) < 4.78 is 0. The average molecular weight is 331 g/mol. The predicted octanol–water partition coefficient (Wildman–Crippen LogP) is 1.000. The number of rotatable bonds is 7. The number of nitrogens with zero attached hydrogens (tertiary/aromatic N) is 2. The molecular formula is C19H29N3O2. The van der Waals surface area contributed by atoms with E-state index in [1.54, 1.807) is 0 Å². The first-order chi connectivity index (χ1) is 11.6. The minimum absolute atomic E-state index is 0.0852. The summed E-state index contributed by atoms with van der Waals surface area (Å²) in [6, 6.07) is 8.24. The van der Waals surface area contributed by atoms with Gasteiger partial charge >= 0.3 is 0 Å². The van der Waals surface area contributed by atoms with Crippen LogP contribution in [0.15, 0.2) is 24.3 Å². The number of aliphatic hydroxyl groups excluding tert-OH is 1. The van der Waals surface area contributed by atoms with E-state index in [4.69, 9.17) is 0 Å². The van der Waals surface area contributed by atoms with Gasteiger partial charge in [0.05, 0.1) is 12.6 Å². The van der Waals surface area contributed by atoms with E-state index in [1.807, 2.05) is 0 Å². The lowest BCUT2D eigenvalue weighted by molar-refractivity contribution is -0.122. The quantitative estimate of drug-likeness (QED) is 0.783. The number of carbonyl (C=O) groups excluding carboxylic acids is 1. The van der Waals surface area contributed by atoms with Gasteiger partial charge in [-0.15, -0.1) is 0 Å². The summed E-state index contributed by atoms with van der Waals surface area (Å²) in [5.74, 6) is 0.623. The third-order valence-electron chi connectivity index (χ3n) is 5.05. The zero-order valence-electron chi connectivity index (χ0n) is 14.6. The molecule has 0 radical (unpaired) electrons. The van der Waals surface area contributed by atoms with Crippen LogP contribution in [0.25, 0.3) is 0 Å². The van der Waals surface area contributed by atoms with Crippen molar-refractivity contribution < 1.29 is 9.90 Å². The van der Waals surface area contributed by atoms with Crippen LogP contribution in [0.4, 0.5) is 0 Å². The second-order valence-electron chi connectivity index (χ2n) is 7.24. The van der Waals surface area contributed by atoms with Gasteiger partial charge in [0.1, 0.15) is 0 Å². The molecule has 24 heavy (non-hydrogen) atoms. The average Bonchev–Trinajstić information content (AvgIpc) is 3.41. The fraction of sp³-hybridized carbons (Fsp3) is 0.632. The number of aryl methyl sites for hydroxylation is 1. The molecule has 1 unspecified atom stereocenters.